The summed E-state index contributed by atoms with van der Waals surface area (Å²) in [4.78, 5) is 15.4. The molecule has 0 N–H and O–H groups in total. The summed E-state index contributed by atoms with van der Waals surface area (Å²) in [6.07, 6.45) is 3.63. The monoisotopic (exact) mass is 261 g/mol. The van der Waals surface area contributed by atoms with Crippen molar-refractivity contribution >= 4 is 17.6 Å². The molecule has 1 aromatic heterocycles. The fourth-order valence-corrected chi connectivity index (χ4v) is 1.94. The van der Waals surface area contributed by atoms with Crippen molar-refractivity contribution in [1.29, 1.82) is 0 Å². The second kappa shape index (κ2) is 5.65. The number of hydrogen-bond acceptors (Lipinski definition) is 3. The molecule has 0 spiro atoms. The SMILES string of the molecule is COC(=O)Cc1cc(Cl)ccc1-c1ccncc1. The predicted octanol–water partition coefficient (Wildman–Crippen LogP) is 3.12. The summed E-state index contributed by atoms with van der Waals surface area (Å²) in [7, 11) is 1.37. The van der Waals surface area contributed by atoms with E-state index in [1.54, 1.807) is 24.5 Å². The maximum atomic E-state index is 11.4. The molecule has 2 aromatic rings. The minimum absolute atomic E-state index is 0.203. The van der Waals surface area contributed by atoms with Crippen LogP contribution < -0.4 is 0 Å². The quantitative estimate of drug-likeness (QED) is 0.797. The Morgan fingerprint density at radius 1 is 1.28 bits per heavy atom. The number of methoxy groups -OCH3 is 1. The molecule has 3 nitrogen and oxygen atoms in total. The van der Waals surface area contributed by atoms with Gasteiger partial charge in [-0.2, -0.15) is 0 Å². The number of rotatable bonds is 3. The summed E-state index contributed by atoms with van der Waals surface area (Å²) in [6.45, 7) is 0. The zero-order valence-corrected chi connectivity index (χ0v) is 10.6. The Labute approximate surface area is 110 Å². The number of carbonyl (C=O) groups is 1. The van der Waals surface area contributed by atoms with Crippen LogP contribution >= 0.6 is 11.6 Å². The Kier molecular flexibility index (Phi) is 3.95. The van der Waals surface area contributed by atoms with Crippen LogP contribution in [0.15, 0.2) is 42.7 Å². The molecular formula is C14H12ClNO2. The van der Waals surface area contributed by atoms with Gasteiger partial charge >= 0.3 is 5.97 Å². The number of carbonyl (C=O) groups excluding carboxylic acids is 1. The molecule has 0 amide bonds. The first-order chi connectivity index (χ1) is 8.70. The maximum absolute atomic E-state index is 11.4. The Balaban J connectivity index is 2.44. The van der Waals surface area contributed by atoms with E-state index in [0.29, 0.717) is 5.02 Å². The molecule has 1 aromatic carbocycles. The molecule has 0 bridgehead atoms. The summed E-state index contributed by atoms with van der Waals surface area (Å²) in [5.74, 6) is -0.285. The van der Waals surface area contributed by atoms with Gasteiger partial charge in [0.2, 0.25) is 0 Å². The van der Waals surface area contributed by atoms with Gasteiger partial charge in [0.15, 0.2) is 0 Å². The molecule has 4 heteroatoms. The van der Waals surface area contributed by atoms with E-state index in [1.807, 2.05) is 18.2 Å². The van der Waals surface area contributed by atoms with Gasteiger partial charge in [0.25, 0.3) is 0 Å². The molecule has 92 valence electrons. The predicted molar refractivity (Wildman–Crippen MR) is 70.4 cm³/mol. The van der Waals surface area contributed by atoms with E-state index >= 15 is 0 Å². The van der Waals surface area contributed by atoms with E-state index in [-0.39, 0.29) is 12.4 Å². The highest BCUT2D eigenvalue weighted by molar-refractivity contribution is 6.30. The van der Waals surface area contributed by atoms with Crippen molar-refractivity contribution in [2.24, 2.45) is 0 Å². The number of halogens is 1. The van der Waals surface area contributed by atoms with Crippen LogP contribution in [0, 0.1) is 0 Å². The zero-order chi connectivity index (χ0) is 13.0. The average molecular weight is 262 g/mol. The molecule has 18 heavy (non-hydrogen) atoms. The average Bonchev–Trinajstić information content (AvgIpc) is 2.40. The van der Waals surface area contributed by atoms with Crippen LogP contribution in [-0.4, -0.2) is 18.1 Å². The molecule has 0 aliphatic heterocycles. The summed E-state index contributed by atoms with van der Waals surface area (Å²) < 4.78 is 4.69. The highest BCUT2D eigenvalue weighted by Crippen LogP contribution is 2.26. The van der Waals surface area contributed by atoms with E-state index in [0.717, 1.165) is 16.7 Å². The number of nitrogens with zero attached hydrogens (tertiary/aromatic N) is 1. The number of esters is 1. The summed E-state index contributed by atoms with van der Waals surface area (Å²) in [5.41, 5.74) is 2.81. The zero-order valence-electron chi connectivity index (χ0n) is 9.89. The van der Waals surface area contributed by atoms with Gasteiger partial charge in [0.1, 0.15) is 0 Å². The van der Waals surface area contributed by atoms with Crippen molar-refractivity contribution in [3.05, 3.63) is 53.3 Å². The number of aromatic nitrogens is 1. The van der Waals surface area contributed by atoms with Crippen LogP contribution in [0.25, 0.3) is 11.1 Å². The number of ether oxygens (including phenoxy) is 1. The molecule has 2 rings (SSSR count). The first kappa shape index (κ1) is 12.6. The molecule has 0 fully saturated rings. The van der Waals surface area contributed by atoms with E-state index < -0.39 is 0 Å². The van der Waals surface area contributed by atoms with E-state index in [9.17, 15) is 4.79 Å². The molecule has 0 unspecified atom stereocenters. The van der Waals surface area contributed by atoms with E-state index in [2.05, 4.69) is 4.98 Å². The molecular weight excluding hydrogens is 250 g/mol. The maximum Gasteiger partial charge on any atom is 0.310 e. The minimum atomic E-state index is -0.285. The van der Waals surface area contributed by atoms with Gasteiger partial charge in [0, 0.05) is 17.4 Å². The van der Waals surface area contributed by atoms with Crippen LogP contribution in [0.5, 0.6) is 0 Å². The molecule has 0 aliphatic rings. The Morgan fingerprint density at radius 3 is 2.67 bits per heavy atom. The molecule has 1 heterocycles. The highest BCUT2D eigenvalue weighted by atomic mass is 35.5. The van der Waals surface area contributed by atoms with E-state index in [1.165, 1.54) is 7.11 Å². The molecule has 0 aliphatic carbocycles. The Morgan fingerprint density at radius 2 is 2.00 bits per heavy atom. The summed E-state index contributed by atoms with van der Waals surface area (Å²) in [5, 5.41) is 0.603. The number of pyridine rings is 1. The number of hydrogen-bond donors (Lipinski definition) is 0. The van der Waals surface area contributed by atoms with Gasteiger partial charge in [-0.05, 0) is 41.0 Å². The van der Waals surface area contributed by atoms with Crippen LogP contribution in [0.3, 0.4) is 0 Å². The van der Waals surface area contributed by atoms with Gasteiger partial charge in [-0.25, -0.2) is 0 Å². The van der Waals surface area contributed by atoms with Gasteiger partial charge in [-0.1, -0.05) is 17.7 Å². The molecule has 0 atom stereocenters. The smallest absolute Gasteiger partial charge is 0.310 e. The van der Waals surface area contributed by atoms with Crippen molar-refractivity contribution in [3.63, 3.8) is 0 Å². The van der Waals surface area contributed by atoms with Crippen molar-refractivity contribution in [2.45, 2.75) is 6.42 Å². The van der Waals surface area contributed by atoms with Crippen molar-refractivity contribution in [1.82, 2.24) is 4.98 Å². The largest absolute Gasteiger partial charge is 0.469 e. The third-order valence-electron chi connectivity index (χ3n) is 2.62. The first-order valence-electron chi connectivity index (χ1n) is 5.46. The van der Waals surface area contributed by atoms with Crippen molar-refractivity contribution in [2.75, 3.05) is 7.11 Å². The van der Waals surface area contributed by atoms with Crippen LogP contribution in [0.4, 0.5) is 0 Å². The van der Waals surface area contributed by atoms with Gasteiger partial charge in [-0.3, -0.25) is 9.78 Å². The lowest BCUT2D eigenvalue weighted by atomic mass is 9.98. The first-order valence-corrected chi connectivity index (χ1v) is 5.84. The molecule has 0 saturated carbocycles. The fraction of sp³-hybridized carbons (Fsp3) is 0.143. The third kappa shape index (κ3) is 2.87. The van der Waals surface area contributed by atoms with Gasteiger partial charge in [-0.15, -0.1) is 0 Å². The lowest BCUT2D eigenvalue weighted by Gasteiger charge is -2.09. The van der Waals surface area contributed by atoms with Crippen LogP contribution in [0.2, 0.25) is 5.02 Å². The fourth-order valence-electron chi connectivity index (χ4n) is 1.75. The number of benzene rings is 1. The summed E-state index contributed by atoms with van der Waals surface area (Å²) >= 11 is 5.97. The lowest BCUT2D eigenvalue weighted by Crippen LogP contribution is -2.05. The minimum Gasteiger partial charge on any atom is -0.469 e. The highest BCUT2D eigenvalue weighted by Gasteiger charge is 2.10. The van der Waals surface area contributed by atoms with Gasteiger partial charge < -0.3 is 4.74 Å². The second-order valence-corrected chi connectivity index (χ2v) is 4.23. The van der Waals surface area contributed by atoms with Crippen LogP contribution in [-0.2, 0) is 16.0 Å². The third-order valence-corrected chi connectivity index (χ3v) is 2.86. The second-order valence-electron chi connectivity index (χ2n) is 3.79. The standard InChI is InChI=1S/C14H12ClNO2/c1-18-14(17)9-11-8-12(15)2-3-13(11)10-4-6-16-7-5-10/h2-8H,9H2,1H3. The normalized spacial score (nSPS) is 10.1. The Bertz CT molecular complexity index is 555. The Hall–Kier alpha value is -1.87. The van der Waals surface area contributed by atoms with Crippen LogP contribution in [0.1, 0.15) is 5.56 Å². The molecule has 0 saturated heterocycles. The van der Waals surface area contributed by atoms with Crippen molar-refractivity contribution < 1.29 is 9.53 Å². The topological polar surface area (TPSA) is 39.2 Å². The summed E-state index contributed by atoms with van der Waals surface area (Å²) in [6, 6.07) is 9.27. The van der Waals surface area contributed by atoms with Crippen molar-refractivity contribution in [3.8, 4) is 11.1 Å². The lowest BCUT2D eigenvalue weighted by molar-refractivity contribution is -0.139. The molecule has 0 radical (unpaired) electrons. The van der Waals surface area contributed by atoms with Gasteiger partial charge in [0.05, 0.1) is 13.5 Å². The van der Waals surface area contributed by atoms with E-state index in [4.69, 9.17) is 16.3 Å².